The quantitative estimate of drug-likeness (QED) is 0.419. The molecule has 0 aromatic heterocycles. The number of carbonyl (C=O) groups is 1. The molecule has 34 heavy (non-hydrogen) atoms. The molecule has 2 fully saturated rings. The van der Waals surface area contributed by atoms with Crippen molar-refractivity contribution in [3.8, 4) is 0 Å². The maximum atomic E-state index is 15.4. The largest absolute Gasteiger partial charge is 0.412 e. The maximum Gasteiger partial charge on any atom is 0.225 e. The van der Waals surface area contributed by atoms with E-state index in [1.165, 1.54) is 0 Å². The van der Waals surface area contributed by atoms with E-state index < -0.39 is 8.32 Å². The standard InChI is InChI=1S/C27H45FN2O3Si/c1-7-19-32-23-13-11-21(12-14-23)26(31)30-17-15-29(16-18-30)24-10-8-9-22(25(24)28)20-33-34(5,6)27(2,3)4/h8-10,21,23H,7,11-20H2,1-6H3/t21-,23-. The Hall–Kier alpha value is -1.44. The molecule has 3 rings (SSSR count). The molecular weight excluding hydrogens is 447 g/mol. The number of hydrogen-bond acceptors (Lipinski definition) is 4. The first-order chi connectivity index (χ1) is 16.0. The van der Waals surface area contributed by atoms with Crippen LogP contribution in [0.5, 0.6) is 0 Å². The molecule has 0 radical (unpaired) electrons. The number of rotatable bonds is 8. The lowest BCUT2D eigenvalue weighted by molar-refractivity contribution is -0.137. The number of halogens is 1. The molecular formula is C27H45FN2O3Si. The fourth-order valence-electron chi connectivity index (χ4n) is 4.58. The Morgan fingerprint density at radius 2 is 1.74 bits per heavy atom. The lowest BCUT2D eigenvalue weighted by atomic mass is 9.86. The Kier molecular flexibility index (Phi) is 9.21. The molecule has 7 heteroatoms. The molecule has 0 unspecified atom stereocenters. The monoisotopic (exact) mass is 492 g/mol. The zero-order chi connectivity index (χ0) is 24.9. The van der Waals surface area contributed by atoms with Crippen LogP contribution in [0.3, 0.4) is 0 Å². The van der Waals surface area contributed by atoms with Crippen LogP contribution in [0.25, 0.3) is 0 Å². The van der Waals surface area contributed by atoms with E-state index in [2.05, 4.69) is 45.7 Å². The molecule has 2 aliphatic rings. The van der Waals surface area contributed by atoms with Crippen LogP contribution in [0.2, 0.25) is 18.1 Å². The van der Waals surface area contributed by atoms with Crippen LogP contribution < -0.4 is 4.90 Å². The molecule has 0 N–H and O–H groups in total. The second kappa shape index (κ2) is 11.5. The molecule has 1 aliphatic heterocycles. The summed E-state index contributed by atoms with van der Waals surface area (Å²) in [7, 11) is -1.95. The average molecular weight is 493 g/mol. The van der Waals surface area contributed by atoms with Gasteiger partial charge in [0.25, 0.3) is 0 Å². The number of benzene rings is 1. The van der Waals surface area contributed by atoms with Gasteiger partial charge in [-0.2, -0.15) is 0 Å². The van der Waals surface area contributed by atoms with Crippen LogP contribution in [-0.4, -0.2) is 58.0 Å². The van der Waals surface area contributed by atoms with E-state index in [0.29, 0.717) is 50.1 Å². The fourth-order valence-corrected chi connectivity index (χ4v) is 5.53. The Bertz CT molecular complexity index is 811. The summed E-state index contributed by atoms with van der Waals surface area (Å²) in [4.78, 5) is 17.1. The number of carbonyl (C=O) groups excluding carboxylic acids is 1. The predicted molar refractivity (Wildman–Crippen MR) is 139 cm³/mol. The van der Waals surface area contributed by atoms with Crippen LogP contribution >= 0.6 is 0 Å². The molecule has 1 saturated heterocycles. The summed E-state index contributed by atoms with van der Waals surface area (Å²) in [6, 6.07) is 5.59. The first kappa shape index (κ1) is 27.1. The summed E-state index contributed by atoms with van der Waals surface area (Å²) < 4.78 is 27.5. The highest BCUT2D eigenvalue weighted by Crippen LogP contribution is 2.37. The summed E-state index contributed by atoms with van der Waals surface area (Å²) in [5, 5.41) is 0.0890. The summed E-state index contributed by atoms with van der Waals surface area (Å²) in [5.74, 6) is 0.192. The van der Waals surface area contributed by atoms with Crippen LogP contribution in [-0.2, 0) is 20.6 Å². The molecule has 5 nitrogen and oxygen atoms in total. The predicted octanol–water partition coefficient (Wildman–Crippen LogP) is 5.98. The molecule has 192 valence electrons. The lowest BCUT2D eigenvalue weighted by Gasteiger charge is -2.39. The number of ether oxygens (including phenoxy) is 1. The van der Waals surface area contributed by atoms with E-state index >= 15 is 4.39 Å². The molecule has 0 bridgehead atoms. The number of amides is 1. The minimum atomic E-state index is -1.95. The van der Waals surface area contributed by atoms with Crippen molar-refractivity contribution in [1.82, 2.24) is 4.90 Å². The summed E-state index contributed by atoms with van der Waals surface area (Å²) in [6.45, 7) is 16.8. The van der Waals surface area contributed by atoms with Gasteiger partial charge in [0.05, 0.1) is 18.4 Å². The van der Waals surface area contributed by atoms with E-state index in [0.717, 1.165) is 38.7 Å². The molecule has 1 aliphatic carbocycles. The van der Waals surface area contributed by atoms with Crippen LogP contribution in [0.4, 0.5) is 10.1 Å². The Labute approximate surface area is 207 Å². The van der Waals surface area contributed by atoms with Gasteiger partial charge in [0.15, 0.2) is 14.1 Å². The van der Waals surface area contributed by atoms with E-state index in [4.69, 9.17) is 9.16 Å². The van der Waals surface area contributed by atoms with E-state index in [1.807, 2.05) is 23.1 Å². The van der Waals surface area contributed by atoms with Crippen molar-refractivity contribution in [1.29, 1.82) is 0 Å². The van der Waals surface area contributed by atoms with Gasteiger partial charge in [-0.3, -0.25) is 4.79 Å². The SMILES string of the molecule is CCCO[C@H]1CC[C@H](C(=O)N2CCN(c3cccc(CO[Si](C)(C)C(C)(C)C)c3F)CC2)CC1. The van der Waals surface area contributed by atoms with Gasteiger partial charge in [-0.1, -0.05) is 39.8 Å². The van der Waals surface area contributed by atoms with E-state index in [9.17, 15) is 4.79 Å². The third-order valence-electron chi connectivity index (χ3n) is 7.97. The van der Waals surface area contributed by atoms with Crippen LogP contribution in [0.1, 0.15) is 65.4 Å². The van der Waals surface area contributed by atoms with Crippen molar-refractivity contribution < 1.29 is 18.3 Å². The van der Waals surface area contributed by atoms with Crippen molar-refractivity contribution in [2.45, 2.75) is 90.6 Å². The van der Waals surface area contributed by atoms with Gasteiger partial charge in [0.1, 0.15) is 0 Å². The second-order valence-electron chi connectivity index (χ2n) is 11.5. The number of nitrogens with zero attached hydrogens (tertiary/aromatic N) is 2. The molecule has 1 aromatic carbocycles. The van der Waals surface area contributed by atoms with E-state index in [1.54, 1.807) is 0 Å². The fraction of sp³-hybridized carbons (Fsp3) is 0.741. The normalized spacial score (nSPS) is 22.2. The van der Waals surface area contributed by atoms with Crippen LogP contribution in [0, 0.1) is 11.7 Å². The average Bonchev–Trinajstić information content (AvgIpc) is 2.81. The smallest absolute Gasteiger partial charge is 0.225 e. The molecule has 1 saturated carbocycles. The molecule has 1 amide bonds. The lowest BCUT2D eigenvalue weighted by Crippen LogP contribution is -2.51. The first-order valence-corrected chi connectivity index (χ1v) is 16.0. The minimum Gasteiger partial charge on any atom is -0.412 e. The Balaban J connectivity index is 1.53. The highest BCUT2D eigenvalue weighted by atomic mass is 28.4. The van der Waals surface area contributed by atoms with Crippen molar-refractivity contribution in [2.24, 2.45) is 5.92 Å². The molecule has 1 aromatic rings. The van der Waals surface area contributed by atoms with Gasteiger partial charge in [0.2, 0.25) is 5.91 Å². The Morgan fingerprint density at radius 1 is 1.09 bits per heavy atom. The van der Waals surface area contributed by atoms with Crippen molar-refractivity contribution in [3.63, 3.8) is 0 Å². The zero-order valence-electron chi connectivity index (χ0n) is 22.2. The van der Waals surface area contributed by atoms with Gasteiger partial charge >= 0.3 is 0 Å². The van der Waals surface area contributed by atoms with Gasteiger partial charge in [-0.05, 0) is 56.3 Å². The van der Waals surface area contributed by atoms with Crippen molar-refractivity contribution >= 4 is 19.9 Å². The third kappa shape index (κ3) is 6.61. The number of piperazine rings is 1. The molecule has 0 atom stereocenters. The van der Waals surface area contributed by atoms with Gasteiger partial charge in [0, 0.05) is 44.3 Å². The summed E-state index contributed by atoms with van der Waals surface area (Å²) in [5.41, 5.74) is 1.24. The molecule has 1 heterocycles. The van der Waals surface area contributed by atoms with Gasteiger partial charge in [-0.25, -0.2) is 4.39 Å². The van der Waals surface area contributed by atoms with Crippen LogP contribution in [0.15, 0.2) is 18.2 Å². The maximum absolute atomic E-state index is 15.4. The summed E-state index contributed by atoms with van der Waals surface area (Å²) in [6.07, 6.45) is 5.14. The topological polar surface area (TPSA) is 42.0 Å². The Morgan fingerprint density at radius 3 is 2.32 bits per heavy atom. The van der Waals surface area contributed by atoms with Gasteiger partial charge in [-0.15, -0.1) is 0 Å². The van der Waals surface area contributed by atoms with E-state index in [-0.39, 0.29) is 22.7 Å². The third-order valence-corrected chi connectivity index (χ3v) is 12.4. The summed E-state index contributed by atoms with van der Waals surface area (Å²) >= 11 is 0. The second-order valence-corrected chi connectivity index (χ2v) is 16.3. The zero-order valence-corrected chi connectivity index (χ0v) is 23.2. The number of hydrogen-bond donors (Lipinski definition) is 0. The molecule has 0 spiro atoms. The minimum absolute atomic E-state index is 0.0890. The first-order valence-electron chi connectivity index (χ1n) is 13.1. The number of anilines is 1. The van der Waals surface area contributed by atoms with Crippen molar-refractivity contribution in [3.05, 3.63) is 29.6 Å². The van der Waals surface area contributed by atoms with Crippen molar-refractivity contribution in [2.75, 3.05) is 37.7 Å². The highest BCUT2D eigenvalue weighted by Gasteiger charge is 2.37. The van der Waals surface area contributed by atoms with Gasteiger partial charge < -0.3 is 19.0 Å². The highest BCUT2D eigenvalue weighted by molar-refractivity contribution is 6.74.